The molecule has 0 aromatic heterocycles. The maximum Gasteiger partial charge on any atom is 0.00741 e. The summed E-state index contributed by atoms with van der Waals surface area (Å²) in [6, 6.07) is 0. The summed E-state index contributed by atoms with van der Waals surface area (Å²) >= 11 is 4.57. The first-order valence-electron chi connectivity index (χ1n) is 6.57. The lowest BCUT2D eigenvalue weighted by atomic mass is 9.74. The SMILES string of the molecule is CC.C\C=C/C(S)=C(\C=C/C)C(C)(C)C(C)C. The fourth-order valence-corrected chi connectivity index (χ4v) is 1.87. The van der Waals surface area contributed by atoms with Gasteiger partial charge in [-0.1, -0.05) is 65.8 Å². The topological polar surface area (TPSA) is 0 Å². The maximum absolute atomic E-state index is 4.57. The molecule has 0 amide bonds. The standard InChI is InChI=1S/C14H24S.C2H6/c1-7-9-12(13(15)10-8-2)14(5,6)11(3)4;1-2/h7-11,15H,1-6H3;1-2H3/b9-7-,10-8-,13-12-;. The molecular weight excluding hydrogens is 224 g/mol. The van der Waals surface area contributed by atoms with Gasteiger partial charge in [-0.05, 0) is 30.8 Å². The first kappa shape index (κ1) is 18.9. The van der Waals surface area contributed by atoms with Crippen LogP contribution in [0.25, 0.3) is 0 Å². The summed E-state index contributed by atoms with van der Waals surface area (Å²) < 4.78 is 0. The highest BCUT2D eigenvalue weighted by atomic mass is 32.1. The summed E-state index contributed by atoms with van der Waals surface area (Å²) in [6.45, 7) is 17.1. The summed E-state index contributed by atoms with van der Waals surface area (Å²) in [5.41, 5.74) is 1.46. The van der Waals surface area contributed by atoms with Crippen molar-refractivity contribution in [2.75, 3.05) is 0 Å². The molecule has 0 saturated carbocycles. The van der Waals surface area contributed by atoms with E-state index in [1.165, 1.54) is 5.57 Å². The second-order valence-corrected chi connectivity index (χ2v) is 5.16. The Morgan fingerprint density at radius 3 is 1.71 bits per heavy atom. The summed E-state index contributed by atoms with van der Waals surface area (Å²) in [5.74, 6) is 0.594. The first-order chi connectivity index (χ1) is 7.87. The minimum atomic E-state index is 0.156. The van der Waals surface area contributed by atoms with Gasteiger partial charge in [0, 0.05) is 4.91 Å². The van der Waals surface area contributed by atoms with Crippen LogP contribution in [0.15, 0.2) is 34.8 Å². The van der Waals surface area contributed by atoms with Gasteiger partial charge in [0.15, 0.2) is 0 Å². The number of allylic oxidation sites excluding steroid dienone is 5. The predicted octanol–water partition coefficient (Wildman–Crippen LogP) is 6.03. The Bertz CT molecular complexity index is 278. The zero-order chi connectivity index (χ0) is 14.1. The first-order valence-corrected chi connectivity index (χ1v) is 7.01. The van der Waals surface area contributed by atoms with Crippen LogP contribution in [0, 0.1) is 11.3 Å². The van der Waals surface area contributed by atoms with Crippen molar-refractivity contribution in [3.8, 4) is 0 Å². The van der Waals surface area contributed by atoms with Gasteiger partial charge in [0.25, 0.3) is 0 Å². The molecule has 0 aliphatic carbocycles. The van der Waals surface area contributed by atoms with E-state index in [4.69, 9.17) is 0 Å². The van der Waals surface area contributed by atoms with Gasteiger partial charge >= 0.3 is 0 Å². The summed E-state index contributed by atoms with van der Waals surface area (Å²) in [6.07, 6.45) is 8.34. The molecule has 0 unspecified atom stereocenters. The van der Waals surface area contributed by atoms with Gasteiger partial charge in [-0.2, -0.15) is 0 Å². The zero-order valence-electron chi connectivity index (χ0n) is 12.8. The minimum absolute atomic E-state index is 0.156. The molecule has 0 nitrogen and oxygen atoms in total. The molecule has 0 rings (SSSR count). The molecule has 0 N–H and O–H groups in total. The Hall–Kier alpha value is -0.430. The fourth-order valence-electron chi connectivity index (χ4n) is 1.36. The molecule has 0 aliphatic rings. The van der Waals surface area contributed by atoms with Crippen molar-refractivity contribution >= 4 is 12.6 Å². The summed E-state index contributed by atoms with van der Waals surface area (Å²) in [5, 5.41) is 0. The number of hydrogen-bond donors (Lipinski definition) is 1. The van der Waals surface area contributed by atoms with Crippen LogP contribution in [0.2, 0.25) is 0 Å². The van der Waals surface area contributed by atoms with Gasteiger partial charge in [-0.25, -0.2) is 0 Å². The molecule has 0 radical (unpaired) electrons. The van der Waals surface area contributed by atoms with Crippen molar-refractivity contribution in [1.29, 1.82) is 0 Å². The zero-order valence-corrected chi connectivity index (χ0v) is 13.7. The molecule has 0 aromatic rings. The highest BCUT2D eigenvalue weighted by molar-refractivity contribution is 7.84. The Balaban J connectivity index is 0. The minimum Gasteiger partial charge on any atom is -0.143 e. The van der Waals surface area contributed by atoms with E-state index in [1.54, 1.807) is 0 Å². The summed E-state index contributed by atoms with van der Waals surface area (Å²) in [7, 11) is 0. The van der Waals surface area contributed by atoms with Crippen LogP contribution in [0.3, 0.4) is 0 Å². The van der Waals surface area contributed by atoms with Crippen LogP contribution >= 0.6 is 12.6 Å². The largest absolute Gasteiger partial charge is 0.143 e. The van der Waals surface area contributed by atoms with Crippen molar-refractivity contribution in [2.45, 2.75) is 55.4 Å². The third-order valence-corrected chi connectivity index (χ3v) is 3.46. The molecule has 100 valence electrons. The van der Waals surface area contributed by atoms with Crippen LogP contribution in [0.1, 0.15) is 55.4 Å². The highest BCUT2D eigenvalue weighted by Gasteiger charge is 2.26. The quantitative estimate of drug-likeness (QED) is 0.459. The molecule has 0 aliphatic heterocycles. The molecular formula is C16H30S. The van der Waals surface area contributed by atoms with Gasteiger partial charge in [0.1, 0.15) is 0 Å². The third-order valence-electron chi connectivity index (χ3n) is 3.07. The normalized spacial score (nSPS) is 14.0. The van der Waals surface area contributed by atoms with Crippen molar-refractivity contribution in [3.63, 3.8) is 0 Å². The van der Waals surface area contributed by atoms with E-state index in [0.29, 0.717) is 5.92 Å². The van der Waals surface area contributed by atoms with Gasteiger partial charge in [0.2, 0.25) is 0 Å². The Labute approximate surface area is 114 Å². The Morgan fingerprint density at radius 1 is 1.00 bits per heavy atom. The fraction of sp³-hybridized carbons (Fsp3) is 0.625. The lowest BCUT2D eigenvalue weighted by molar-refractivity contribution is 0.316. The van der Waals surface area contributed by atoms with Crippen molar-refractivity contribution in [2.24, 2.45) is 11.3 Å². The number of rotatable bonds is 4. The second kappa shape index (κ2) is 9.58. The Morgan fingerprint density at radius 2 is 1.41 bits per heavy atom. The van der Waals surface area contributed by atoms with Gasteiger partial charge in [-0.3, -0.25) is 0 Å². The van der Waals surface area contributed by atoms with E-state index in [2.05, 4.69) is 58.6 Å². The molecule has 1 heteroatoms. The van der Waals surface area contributed by atoms with E-state index in [9.17, 15) is 0 Å². The number of hydrogen-bond acceptors (Lipinski definition) is 1. The van der Waals surface area contributed by atoms with Crippen LogP contribution in [0.4, 0.5) is 0 Å². The maximum atomic E-state index is 4.57. The highest BCUT2D eigenvalue weighted by Crippen LogP contribution is 2.38. The molecule has 0 saturated heterocycles. The molecule has 0 fully saturated rings. The van der Waals surface area contributed by atoms with Gasteiger partial charge in [0.05, 0.1) is 0 Å². The van der Waals surface area contributed by atoms with E-state index < -0.39 is 0 Å². The smallest absolute Gasteiger partial charge is 0.00741 e. The third kappa shape index (κ3) is 6.16. The Kier molecular flexibility index (Phi) is 10.7. The molecule has 0 atom stereocenters. The van der Waals surface area contributed by atoms with Crippen molar-refractivity contribution in [3.05, 3.63) is 34.8 Å². The molecule has 0 spiro atoms. The van der Waals surface area contributed by atoms with Crippen LogP contribution < -0.4 is 0 Å². The second-order valence-electron chi connectivity index (χ2n) is 4.68. The molecule has 0 bridgehead atoms. The van der Waals surface area contributed by atoms with E-state index in [1.807, 2.05) is 33.8 Å². The van der Waals surface area contributed by atoms with E-state index in [0.717, 1.165) is 4.91 Å². The number of thiol groups is 1. The average Bonchev–Trinajstić information content (AvgIpc) is 2.28. The van der Waals surface area contributed by atoms with Crippen molar-refractivity contribution in [1.82, 2.24) is 0 Å². The average molecular weight is 254 g/mol. The van der Waals surface area contributed by atoms with Crippen LogP contribution in [0.5, 0.6) is 0 Å². The monoisotopic (exact) mass is 254 g/mol. The lowest BCUT2D eigenvalue weighted by Crippen LogP contribution is -2.21. The van der Waals surface area contributed by atoms with Crippen LogP contribution in [-0.4, -0.2) is 0 Å². The van der Waals surface area contributed by atoms with E-state index >= 15 is 0 Å². The van der Waals surface area contributed by atoms with Gasteiger partial charge < -0.3 is 0 Å². The molecule has 0 heterocycles. The molecule has 0 aromatic carbocycles. The van der Waals surface area contributed by atoms with Crippen LogP contribution in [-0.2, 0) is 0 Å². The van der Waals surface area contributed by atoms with E-state index in [-0.39, 0.29) is 5.41 Å². The van der Waals surface area contributed by atoms with Crippen molar-refractivity contribution < 1.29 is 0 Å². The molecule has 17 heavy (non-hydrogen) atoms. The summed E-state index contributed by atoms with van der Waals surface area (Å²) in [4.78, 5) is 1.06. The lowest BCUT2D eigenvalue weighted by Gasteiger charge is -2.32. The predicted molar refractivity (Wildman–Crippen MR) is 85.6 cm³/mol. The van der Waals surface area contributed by atoms with Gasteiger partial charge in [-0.15, -0.1) is 12.6 Å².